The van der Waals surface area contributed by atoms with Crippen LogP contribution in [0.4, 0.5) is 0 Å². The molecule has 0 spiro atoms. The Labute approximate surface area is 131 Å². The standard InChI is InChI=1S/C18H23NOS/c1-2-5-15(6-3-1)7-4-12-20-14-18-11-10-17(21-18)13-19-16-8-9-16/h1-3,5-6,10-11,16,19H,4,7-9,12-14H2. The maximum atomic E-state index is 5.78. The van der Waals surface area contributed by atoms with E-state index >= 15 is 0 Å². The average Bonchev–Trinajstić information content (AvgIpc) is 3.25. The molecule has 0 bridgehead atoms. The fourth-order valence-corrected chi connectivity index (χ4v) is 3.23. The van der Waals surface area contributed by atoms with Crippen LogP contribution in [-0.2, 0) is 24.3 Å². The predicted octanol–water partition coefficient (Wildman–Crippen LogP) is 4.15. The van der Waals surface area contributed by atoms with Crippen molar-refractivity contribution in [2.75, 3.05) is 6.61 Å². The average molecular weight is 301 g/mol. The Bertz CT molecular complexity index is 533. The van der Waals surface area contributed by atoms with Crippen molar-refractivity contribution >= 4 is 11.3 Å². The largest absolute Gasteiger partial charge is 0.376 e. The maximum absolute atomic E-state index is 5.78. The highest BCUT2D eigenvalue weighted by Crippen LogP contribution is 2.22. The van der Waals surface area contributed by atoms with Crippen molar-refractivity contribution in [3.63, 3.8) is 0 Å². The van der Waals surface area contributed by atoms with Gasteiger partial charge in [-0.1, -0.05) is 30.3 Å². The van der Waals surface area contributed by atoms with E-state index in [0.29, 0.717) is 0 Å². The molecule has 1 aliphatic carbocycles. The lowest BCUT2D eigenvalue weighted by Gasteiger charge is -2.03. The third-order valence-corrected chi connectivity index (χ3v) is 4.76. The lowest BCUT2D eigenvalue weighted by atomic mass is 10.1. The summed E-state index contributed by atoms with van der Waals surface area (Å²) in [4.78, 5) is 2.76. The Balaban J connectivity index is 1.30. The zero-order chi connectivity index (χ0) is 14.3. The molecule has 0 radical (unpaired) electrons. The number of rotatable bonds is 9. The van der Waals surface area contributed by atoms with Crippen LogP contribution >= 0.6 is 11.3 Å². The molecule has 0 unspecified atom stereocenters. The minimum absolute atomic E-state index is 0.753. The predicted molar refractivity (Wildman–Crippen MR) is 88.6 cm³/mol. The minimum atomic E-state index is 0.753. The summed E-state index contributed by atoms with van der Waals surface area (Å²) in [7, 11) is 0. The number of thiophene rings is 1. The Morgan fingerprint density at radius 2 is 1.86 bits per heavy atom. The van der Waals surface area contributed by atoms with E-state index in [1.54, 1.807) is 0 Å². The molecular formula is C18H23NOS. The van der Waals surface area contributed by atoms with Crippen LogP contribution in [0.3, 0.4) is 0 Å². The van der Waals surface area contributed by atoms with E-state index in [1.807, 2.05) is 11.3 Å². The van der Waals surface area contributed by atoms with E-state index in [9.17, 15) is 0 Å². The number of hydrogen-bond donors (Lipinski definition) is 1. The molecule has 0 aliphatic heterocycles. The fraction of sp³-hybridized carbons (Fsp3) is 0.444. The fourth-order valence-electron chi connectivity index (χ4n) is 2.32. The molecule has 1 heterocycles. The van der Waals surface area contributed by atoms with Crippen LogP contribution in [0.2, 0.25) is 0 Å². The van der Waals surface area contributed by atoms with E-state index in [1.165, 1.54) is 28.2 Å². The topological polar surface area (TPSA) is 21.3 Å². The van der Waals surface area contributed by atoms with Crippen LogP contribution in [0.25, 0.3) is 0 Å². The van der Waals surface area contributed by atoms with Gasteiger partial charge in [0.05, 0.1) is 6.61 Å². The first-order chi connectivity index (χ1) is 10.4. The number of nitrogens with one attached hydrogen (secondary N) is 1. The van der Waals surface area contributed by atoms with Gasteiger partial charge in [0.1, 0.15) is 0 Å². The van der Waals surface area contributed by atoms with Crippen molar-refractivity contribution in [1.29, 1.82) is 0 Å². The summed E-state index contributed by atoms with van der Waals surface area (Å²) in [5.74, 6) is 0. The molecule has 1 aromatic carbocycles. The SMILES string of the molecule is c1ccc(CCCOCc2ccc(CNC3CC3)s2)cc1. The third kappa shape index (κ3) is 5.27. The molecule has 3 heteroatoms. The number of aryl methyl sites for hydroxylation is 1. The van der Waals surface area contributed by atoms with Gasteiger partial charge in [-0.05, 0) is 43.4 Å². The van der Waals surface area contributed by atoms with Gasteiger partial charge in [0.2, 0.25) is 0 Å². The minimum Gasteiger partial charge on any atom is -0.376 e. The molecule has 21 heavy (non-hydrogen) atoms. The second-order valence-corrected chi connectivity index (χ2v) is 6.92. The van der Waals surface area contributed by atoms with Crippen molar-refractivity contribution < 1.29 is 4.74 Å². The Morgan fingerprint density at radius 1 is 1.05 bits per heavy atom. The number of benzene rings is 1. The second-order valence-electron chi connectivity index (χ2n) is 5.66. The van der Waals surface area contributed by atoms with Crippen LogP contribution in [0.15, 0.2) is 42.5 Å². The third-order valence-electron chi connectivity index (χ3n) is 3.70. The van der Waals surface area contributed by atoms with Gasteiger partial charge >= 0.3 is 0 Å². The highest BCUT2D eigenvalue weighted by Gasteiger charge is 2.20. The molecular weight excluding hydrogens is 278 g/mol. The molecule has 0 amide bonds. The molecule has 1 fully saturated rings. The monoisotopic (exact) mass is 301 g/mol. The van der Waals surface area contributed by atoms with Crippen molar-refractivity contribution in [3.8, 4) is 0 Å². The van der Waals surface area contributed by atoms with E-state index < -0.39 is 0 Å². The number of ether oxygens (including phenoxy) is 1. The van der Waals surface area contributed by atoms with Gasteiger partial charge in [0.25, 0.3) is 0 Å². The van der Waals surface area contributed by atoms with Gasteiger partial charge < -0.3 is 10.1 Å². The molecule has 0 atom stereocenters. The van der Waals surface area contributed by atoms with Crippen LogP contribution < -0.4 is 5.32 Å². The normalized spacial score (nSPS) is 14.5. The van der Waals surface area contributed by atoms with Crippen molar-refractivity contribution in [1.82, 2.24) is 5.32 Å². The summed E-state index contributed by atoms with van der Waals surface area (Å²) >= 11 is 1.87. The molecule has 2 aromatic rings. The Morgan fingerprint density at radius 3 is 2.67 bits per heavy atom. The molecule has 0 saturated heterocycles. The van der Waals surface area contributed by atoms with Crippen molar-refractivity contribution in [2.24, 2.45) is 0 Å². The first-order valence-corrected chi connectivity index (χ1v) is 8.64. The van der Waals surface area contributed by atoms with Crippen LogP contribution in [-0.4, -0.2) is 12.6 Å². The molecule has 1 N–H and O–H groups in total. The van der Waals surface area contributed by atoms with E-state index in [4.69, 9.17) is 4.74 Å². The first-order valence-electron chi connectivity index (χ1n) is 7.83. The molecule has 112 valence electrons. The van der Waals surface area contributed by atoms with Gasteiger partial charge in [-0.25, -0.2) is 0 Å². The smallest absolute Gasteiger partial charge is 0.0809 e. The highest BCUT2D eigenvalue weighted by atomic mass is 32.1. The lowest BCUT2D eigenvalue weighted by Crippen LogP contribution is -2.14. The second kappa shape index (κ2) is 7.74. The highest BCUT2D eigenvalue weighted by molar-refractivity contribution is 7.11. The summed E-state index contributed by atoms with van der Waals surface area (Å²) in [5.41, 5.74) is 1.39. The Kier molecular flexibility index (Phi) is 5.44. The van der Waals surface area contributed by atoms with E-state index in [0.717, 1.165) is 38.6 Å². The summed E-state index contributed by atoms with van der Waals surface area (Å²) in [6.45, 7) is 2.61. The van der Waals surface area contributed by atoms with Crippen LogP contribution in [0.5, 0.6) is 0 Å². The number of hydrogen-bond acceptors (Lipinski definition) is 3. The molecule has 1 aliphatic rings. The lowest BCUT2D eigenvalue weighted by molar-refractivity contribution is 0.121. The zero-order valence-electron chi connectivity index (χ0n) is 12.4. The van der Waals surface area contributed by atoms with Gasteiger partial charge in [0, 0.05) is 28.9 Å². The molecule has 2 nitrogen and oxygen atoms in total. The van der Waals surface area contributed by atoms with Crippen LogP contribution in [0.1, 0.15) is 34.6 Å². The van der Waals surface area contributed by atoms with Gasteiger partial charge in [-0.3, -0.25) is 0 Å². The van der Waals surface area contributed by atoms with Crippen LogP contribution in [0, 0.1) is 0 Å². The summed E-state index contributed by atoms with van der Waals surface area (Å²) in [5, 5.41) is 3.55. The summed E-state index contributed by atoms with van der Waals surface area (Å²) < 4.78 is 5.78. The molecule has 3 rings (SSSR count). The van der Waals surface area contributed by atoms with Crippen molar-refractivity contribution in [3.05, 3.63) is 57.8 Å². The summed E-state index contributed by atoms with van der Waals surface area (Å²) in [6.07, 6.45) is 4.89. The molecule has 1 aromatic heterocycles. The maximum Gasteiger partial charge on any atom is 0.0809 e. The zero-order valence-corrected chi connectivity index (χ0v) is 13.2. The quantitative estimate of drug-likeness (QED) is 0.703. The first kappa shape index (κ1) is 14.8. The Hall–Kier alpha value is -1.16. The summed E-state index contributed by atoms with van der Waals surface area (Å²) in [6, 6.07) is 15.8. The van der Waals surface area contributed by atoms with Gasteiger partial charge in [-0.15, -0.1) is 11.3 Å². The van der Waals surface area contributed by atoms with Crippen molar-refractivity contribution in [2.45, 2.75) is 44.9 Å². The van der Waals surface area contributed by atoms with E-state index in [2.05, 4.69) is 47.8 Å². The van der Waals surface area contributed by atoms with Gasteiger partial charge in [0.15, 0.2) is 0 Å². The molecule has 1 saturated carbocycles. The van der Waals surface area contributed by atoms with E-state index in [-0.39, 0.29) is 0 Å². The van der Waals surface area contributed by atoms with Gasteiger partial charge in [-0.2, -0.15) is 0 Å².